The summed E-state index contributed by atoms with van der Waals surface area (Å²) < 4.78 is 0. The number of nitrogens with zero attached hydrogens (tertiary/aromatic N) is 1. The number of nitrogens with one attached hydrogen (secondary N) is 1. The fourth-order valence-corrected chi connectivity index (χ4v) is 1.79. The van der Waals surface area contributed by atoms with Crippen LogP contribution in [-0.2, 0) is 0 Å². The summed E-state index contributed by atoms with van der Waals surface area (Å²) in [4.78, 5) is 15.6. The van der Waals surface area contributed by atoms with Gasteiger partial charge in [0, 0.05) is 13.2 Å². The zero-order chi connectivity index (χ0) is 13.4. The number of aliphatic hydroxyl groups is 1. The number of hydrogen-bond donors (Lipinski definition) is 2. The molecule has 4 nitrogen and oxygen atoms in total. The summed E-state index contributed by atoms with van der Waals surface area (Å²) in [5.41, 5.74) is 0.152. The Morgan fingerprint density at radius 3 is 2.67 bits per heavy atom. The van der Waals surface area contributed by atoms with Crippen LogP contribution in [0, 0.1) is 0 Å². The molecular formula is C12H16Cl2N2O2. The summed E-state index contributed by atoms with van der Waals surface area (Å²) in [5, 5.41) is 11.9. The maximum absolute atomic E-state index is 11.7. The molecule has 100 valence electrons. The van der Waals surface area contributed by atoms with Gasteiger partial charge in [0.1, 0.15) is 10.8 Å². The molecule has 0 aliphatic carbocycles. The Hall–Kier alpha value is -0.840. The third-order valence-corrected chi connectivity index (χ3v) is 2.91. The first-order valence-corrected chi connectivity index (χ1v) is 6.62. The van der Waals surface area contributed by atoms with Gasteiger partial charge in [-0.3, -0.25) is 4.79 Å². The summed E-state index contributed by atoms with van der Waals surface area (Å²) in [6.07, 6.45) is 3.60. The van der Waals surface area contributed by atoms with Crippen LogP contribution in [0.25, 0.3) is 0 Å². The number of rotatable bonds is 7. The molecule has 0 radical (unpaired) electrons. The molecule has 6 heteroatoms. The van der Waals surface area contributed by atoms with E-state index in [9.17, 15) is 4.79 Å². The number of carbonyl (C=O) groups excluding carboxylic acids is 1. The standard InChI is InChI=1S/C12H16Cl2N2O2/c13-9-5-6-10(14)16-11(9)12(18)15-7-3-1-2-4-8-17/h5-6,17H,1-4,7-8H2,(H,15,18). The van der Waals surface area contributed by atoms with Crippen molar-refractivity contribution in [3.8, 4) is 0 Å². The van der Waals surface area contributed by atoms with E-state index in [0.29, 0.717) is 6.54 Å². The molecule has 0 aliphatic rings. The molecule has 1 aromatic heterocycles. The highest BCUT2D eigenvalue weighted by Crippen LogP contribution is 2.16. The Morgan fingerprint density at radius 1 is 1.22 bits per heavy atom. The van der Waals surface area contributed by atoms with E-state index in [-0.39, 0.29) is 28.4 Å². The molecule has 0 saturated carbocycles. The zero-order valence-corrected chi connectivity index (χ0v) is 11.5. The van der Waals surface area contributed by atoms with Crippen LogP contribution in [0.15, 0.2) is 12.1 Å². The number of unbranched alkanes of at least 4 members (excludes halogenated alkanes) is 3. The summed E-state index contributed by atoms with van der Waals surface area (Å²) >= 11 is 11.6. The van der Waals surface area contributed by atoms with Gasteiger partial charge in [-0.05, 0) is 25.0 Å². The van der Waals surface area contributed by atoms with Crippen LogP contribution < -0.4 is 5.32 Å². The van der Waals surface area contributed by atoms with Crippen molar-refractivity contribution in [2.45, 2.75) is 25.7 Å². The SMILES string of the molecule is O=C(NCCCCCCO)c1nc(Cl)ccc1Cl. The molecule has 1 aromatic rings. The highest BCUT2D eigenvalue weighted by atomic mass is 35.5. The highest BCUT2D eigenvalue weighted by molar-refractivity contribution is 6.34. The largest absolute Gasteiger partial charge is 0.396 e. The third-order valence-electron chi connectivity index (χ3n) is 2.40. The predicted molar refractivity (Wildman–Crippen MR) is 72.1 cm³/mol. The Bertz CT molecular complexity index is 400. The molecule has 1 heterocycles. The van der Waals surface area contributed by atoms with Gasteiger partial charge >= 0.3 is 0 Å². The van der Waals surface area contributed by atoms with E-state index in [0.717, 1.165) is 25.7 Å². The first-order chi connectivity index (χ1) is 8.65. The minimum Gasteiger partial charge on any atom is -0.396 e. The van der Waals surface area contributed by atoms with Gasteiger partial charge in [0.05, 0.1) is 5.02 Å². The van der Waals surface area contributed by atoms with Crippen LogP contribution in [0.5, 0.6) is 0 Å². The minimum atomic E-state index is -0.315. The van der Waals surface area contributed by atoms with Crippen LogP contribution in [-0.4, -0.2) is 29.1 Å². The number of carbonyl (C=O) groups is 1. The average Bonchev–Trinajstić information content (AvgIpc) is 2.36. The van der Waals surface area contributed by atoms with Crippen LogP contribution in [0.3, 0.4) is 0 Å². The average molecular weight is 291 g/mol. The number of amides is 1. The van der Waals surface area contributed by atoms with E-state index in [1.165, 1.54) is 6.07 Å². The Balaban J connectivity index is 2.34. The molecule has 0 fully saturated rings. The number of pyridine rings is 1. The second-order valence-electron chi connectivity index (χ2n) is 3.86. The van der Waals surface area contributed by atoms with Crippen LogP contribution in [0.2, 0.25) is 10.2 Å². The van der Waals surface area contributed by atoms with Gasteiger partial charge in [-0.1, -0.05) is 36.0 Å². The summed E-state index contributed by atoms with van der Waals surface area (Å²) in [5.74, 6) is -0.315. The van der Waals surface area contributed by atoms with Crippen molar-refractivity contribution in [3.05, 3.63) is 28.0 Å². The van der Waals surface area contributed by atoms with Gasteiger partial charge in [0.15, 0.2) is 0 Å². The zero-order valence-electron chi connectivity index (χ0n) is 9.96. The van der Waals surface area contributed by atoms with Crippen molar-refractivity contribution in [1.29, 1.82) is 0 Å². The van der Waals surface area contributed by atoms with E-state index < -0.39 is 0 Å². The number of aliphatic hydroxyl groups excluding tert-OH is 1. The molecule has 1 amide bonds. The van der Waals surface area contributed by atoms with E-state index in [1.54, 1.807) is 6.07 Å². The van der Waals surface area contributed by atoms with Gasteiger partial charge in [0.25, 0.3) is 5.91 Å². The smallest absolute Gasteiger partial charge is 0.271 e. The lowest BCUT2D eigenvalue weighted by molar-refractivity contribution is 0.0948. The minimum absolute atomic E-state index is 0.152. The van der Waals surface area contributed by atoms with Crippen molar-refractivity contribution >= 4 is 29.1 Å². The lowest BCUT2D eigenvalue weighted by Gasteiger charge is -2.06. The second-order valence-corrected chi connectivity index (χ2v) is 4.65. The topological polar surface area (TPSA) is 62.2 Å². The van der Waals surface area contributed by atoms with Crippen LogP contribution >= 0.6 is 23.2 Å². The highest BCUT2D eigenvalue weighted by Gasteiger charge is 2.11. The van der Waals surface area contributed by atoms with Crippen molar-refractivity contribution in [2.75, 3.05) is 13.2 Å². The number of hydrogen-bond acceptors (Lipinski definition) is 3. The number of aromatic nitrogens is 1. The Morgan fingerprint density at radius 2 is 1.94 bits per heavy atom. The summed E-state index contributed by atoms with van der Waals surface area (Å²) in [6, 6.07) is 3.09. The van der Waals surface area contributed by atoms with E-state index >= 15 is 0 Å². The van der Waals surface area contributed by atoms with E-state index in [2.05, 4.69) is 10.3 Å². The van der Waals surface area contributed by atoms with Crippen LogP contribution in [0.1, 0.15) is 36.2 Å². The van der Waals surface area contributed by atoms with Gasteiger partial charge in [-0.15, -0.1) is 0 Å². The molecule has 0 aliphatic heterocycles. The lowest BCUT2D eigenvalue weighted by atomic mass is 10.2. The summed E-state index contributed by atoms with van der Waals surface area (Å²) in [7, 11) is 0. The van der Waals surface area contributed by atoms with Crippen molar-refractivity contribution in [1.82, 2.24) is 10.3 Å². The molecule has 0 unspecified atom stereocenters. The molecule has 0 aromatic carbocycles. The number of halogens is 2. The van der Waals surface area contributed by atoms with Crippen molar-refractivity contribution < 1.29 is 9.90 Å². The van der Waals surface area contributed by atoms with E-state index in [4.69, 9.17) is 28.3 Å². The van der Waals surface area contributed by atoms with Crippen molar-refractivity contribution in [3.63, 3.8) is 0 Å². The quantitative estimate of drug-likeness (QED) is 0.599. The molecule has 0 bridgehead atoms. The lowest BCUT2D eigenvalue weighted by Crippen LogP contribution is -2.25. The maximum atomic E-state index is 11.7. The Labute approximate surface area is 116 Å². The van der Waals surface area contributed by atoms with Gasteiger partial charge < -0.3 is 10.4 Å². The Kier molecular flexibility index (Phi) is 7.01. The fourth-order valence-electron chi connectivity index (χ4n) is 1.45. The first kappa shape index (κ1) is 15.2. The van der Waals surface area contributed by atoms with Gasteiger partial charge in [0.2, 0.25) is 0 Å². The molecule has 0 saturated heterocycles. The van der Waals surface area contributed by atoms with Crippen molar-refractivity contribution in [2.24, 2.45) is 0 Å². The normalized spacial score (nSPS) is 10.4. The monoisotopic (exact) mass is 290 g/mol. The summed E-state index contributed by atoms with van der Waals surface area (Å²) in [6.45, 7) is 0.781. The first-order valence-electron chi connectivity index (χ1n) is 5.86. The second kappa shape index (κ2) is 8.29. The van der Waals surface area contributed by atoms with Gasteiger partial charge in [-0.25, -0.2) is 4.98 Å². The molecule has 2 N–H and O–H groups in total. The third kappa shape index (κ3) is 5.21. The molecule has 0 spiro atoms. The fraction of sp³-hybridized carbons (Fsp3) is 0.500. The molecular weight excluding hydrogens is 275 g/mol. The molecule has 0 atom stereocenters. The van der Waals surface area contributed by atoms with Crippen LogP contribution in [0.4, 0.5) is 0 Å². The molecule has 18 heavy (non-hydrogen) atoms. The predicted octanol–water partition coefficient (Wildman–Crippen LogP) is 2.67. The maximum Gasteiger partial charge on any atom is 0.271 e. The molecule has 1 rings (SSSR count). The van der Waals surface area contributed by atoms with Gasteiger partial charge in [-0.2, -0.15) is 0 Å². The van der Waals surface area contributed by atoms with E-state index in [1.807, 2.05) is 0 Å².